The van der Waals surface area contributed by atoms with Crippen molar-refractivity contribution >= 4 is 5.82 Å². The van der Waals surface area contributed by atoms with Crippen molar-refractivity contribution in [1.82, 2.24) is 9.88 Å². The molecular weight excluding hydrogens is 264 g/mol. The van der Waals surface area contributed by atoms with Crippen LogP contribution in [0.2, 0.25) is 0 Å². The summed E-state index contributed by atoms with van der Waals surface area (Å²) in [6.07, 6.45) is 4.65. The fourth-order valence-corrected chi connectivity index (χ4v) is 2.84. The molecule has 1 aliphatic heterocycles. The van der Waals surface area contributed by atoms with E-state index >= 15 is 0 Å². The average molecular weight is 286 g/mol. The van der Waals surface area contributed by atoms with Crippen LogP contribution in [0, 0.1) is 17.2 Å². The standard InChI is InChI=1S/C16H22N4O/c1-19(10-13-2-3-13)11-15-12-20(6-7-21-15)16-5-4-14(8-17)9-18-16/h4-5,9,13,15H,2-3,6-7,10-12H2,1H3. The molecule has 0 bridgehead atoms. The van der Waals surface area contributed by atoms with Gasteiger partial charge in [-0.3, -0.25) is 0 Å². The number of nitrogens with zero attached hydrogens (tertiary/aromatic N) is 4. The van der Waals surface area contributed by atoms with Crippen molar-refractivity contribution < 1.29 is 4.74 Å². The van der Waals surface area contributed by atoms with E-state index in [0.717, 1.165) is 38.0 Å². The molecule has 0 N–H and O–H groups in total. The summed E-state index contributed by atoms with van der Waals surface area (Å²) in [6.45, 7) is 4.64. The second kappa shape index (κ2) is 6.42. The van der Waals surface area contributed by atoms with Crippen LogP contribution in [0.1, 0.15) is 18.4 Å². The van der Waals surface area contributed by atoms with Crippen LogP contribution in [0.15, 0.2) is 18.3 Å². The van der Waals surface area contributed by atoms with Gasteiger partial charge in [-0.1, -0.05) is 0 Å². The minimum atomic E-state index is 0.236. The van der Waals surface area contributed by atoms with Crippen LogP contribution in [-0.4, -0.2) is 55.8 Å². The molecule has 1 aromatic heterocycles. The maximum absolute atomic E-state index is 8.83. The van der Waals surface area contributed by atoms with Gasteiger partial charge in [0.15, 0.2) is 0 Å². The largest absolute Gasteiger partial charge is 0.373 e. The molecule has 3 rings (SSSR count). The Balaban J connectivity index is 1.55. The van der Waals surface area contributed by atoms with Gasteiger partial charge in [0.2, 0.25) is 0 Å². The van der Waals surface area contributed by atoms with Crippen LogP contribution in [-0.2, 0) is 4.74 Å². The van der Waals surface area contributed by atoms with E-state index in [9.17, 15) is 0 Å². The highest BCUT2D eigenvalue weighted by molar-refractivity contribution is 5.42. The Morgan fingerprint density at radius 3 is 2.95 bits per heavy atom. The third-order valence-electron chi connectivity index (χ3n) is 4.12. The predicted octanol–water partition coefficient (Wildman–Crippen LogP) is 1.50. The number of aromatic nitrogens is 1. The zero-order valence-corrected chi connectivity index (χ0v) is 12.5. The zero-order valence-electron chi connectivity index (χ0n) is 12.5. The predicted molar refractivity (Wildman–Crippen MR) is 81.1 cm³/mol. The second-order valence-corrected chi connectivity index (χ2v) is 6.12. The monoisotopic (exact) mass is 286 g/mol. The summed E-state index contributed by atoms with van der Waals surface area (Å²) in [7, 11) is 2.18. The van der Waals surface area contributed by atoms with E-state index < -0.39 is 0 Å². The van der Waals surface area contributed by atoms with Gasteiger partial charge in [0.05, 0.1) is 18.3 Å². The van der Waals surface area contributed by atoms with Crippen LogP contribution in [0.4, 0.5) is 5.82 Å². The minimum Gasteiger partial charge on any atom is -0.373 e. The van der Waals surface area contributed by atoms with Crippen molar-refractivity contribution in [2.24, 2.45) is 5.92 Å². The van der Waals surface area contributed by atoms with Crippen molar-refractivity contribution in [3.8, 4) is 6.07 Å². The first-order valence-corrected chi connectivity index (χ1v) is 7.66. The highest BCUT2D eigenvalue weighted by Gasteiger charge is 2.26. The van der Waals surface area contributed by atoms with Gasteiger partial charge in [-0.05, 0) is 37.9 Å². The molecule has 5 heteroatoms. The van der Waals surface area contributed by atoms with E-state index in [2.05, 4.69) is 27.9 Å². The third-order valence-corrected chi connectivity index (χ3v) is 4.12. The second-order valence-electron chi connectivity index (χ2n) is 6.12. The molecule has 0 aromatic carbocycles. The van der Waals surface area contributed by atoms with Crippen LogP contribution in [0.5, 0.6) is 0 Å². The van der Waals surface area contributed by atoms with Gasteiger partial charge in [0, 0.05) is 32.4 Å². The van der Waals surface area contributed by atoms with E-state index in [0.29, 0.717) is 5.56 Å². The average Bonchev–Trinajstić information content (AvgIpc) is 3.31. The number of rotatable bonds is 5. The van der Waals surface area contributed by atoms with E-state index in [1.165, 1.54) is 19.4 Å². The summed E-state index contributed by atoms with van der Waals surface area (Å²) in [4.78, 5) is 9.02. The molecule has 0 spiro atoms. The Bertz CT molecular complexity index is 506. The Hall–Kier alpha value is -1.64. The molecule has 1 atom stereocenters. The first-order valence-electron chi connectivity index (χ1n) is 7.66. The number of hydrogen-bond acceptors (Lipinski definition) is 5. The van der Waals surface area contributed by atoms with Crippen LogP contribution in [0.3, 0.4) is 0 Å². The number of ether oxygens (including phenoxy) is 1. The summed E-state index contributed by atoms with van der Waals surface area (Å²) in [5, 5.41) is 8.83. The van der Waals surface area contributed by atoms with E-state index in [4.69, 9.17) is 10.00 Å². The van der Waals surface area contributed by atoms with Gasteiger partial charge in [-0.15, -0.1) is 0 Å². The van der Waals surface area contributed by atoms with Gasteiger partial charge >= 0.3 is 0 Å². The Kier molecular flexibility index (Phi) is 4.37. The number of pyridine rings is 1. The topological polar surface area (TPSA) is 52.4 Å². The number of nitriles is 1. The molecule has 0 radical (unpaired) electrons. The lowest BCUT2D eigenvalue weighted by atomic mass is 10.2. The highest BCUT2D eigenvalue weighted by atomic mass is 16.5. The molecule has 2 heterocycles. The van der Waals surface area contributed by atoms with Crippen LogP contribution < -0.4 is 4.90 Å². The Morgan fingerprint density at radius 2 is 2.29 bits per heavy atom. The van der Waals surface area contributed by atoms with Crippen LogP contribution >= 0.6 is 0 Å². The lowest BCUT2D eigenvalue weighted by Gasteiger charge is -2.35. The smallest absolute Gasteiger partial charge is 0.128 e. The van der Waals surface area contributed by atoms with Crippen molar-refractivity contribution in [3.05, 3.63) is 23.9 Å². The summed E-state index contributed by atoms with van der Waals surface area (Å²) >= 11 is 0. The Labute approximate surface area is 126 Å². The molecule has 2 aliphatic rings. The van der Waals surface area contributed by atoms with Crippen LogP contribution in [0.25, 0.3) is 0 Å². The molecule has 1 unspecified atom stereocenters. The van der Waals surface area contributed by atoms with E-state index in [-0.39, 0.29) is 6.10 Å². The zero-order chi connectivity index (χ0) is 14.7. The lowest BCUT2D eigenvalue weighted by Crippen LogP contribution is -2.47. The fraction of sp³-hybridized carbons (Fsp3) is 0.625. The molecule has 1 aromatic rings. The highest BCUT2D eigenvalue weighted by Crippen LogP contribution is 2.29. The Morgan fingerprint density at radius 1 is 1.43 bits per heavy atom. The van der Waals surface area contributed by atoms with Crippen molar-refractivity contribution in [2.45, 2.75) is 18.9 Å². The van der Waals surface area contributed by atoms with Crippen molar-refractivity contribution in [3.63, 3.8) is 0 Å². The van der Waals surface area contributed by atoms with Crippen molar-refractivity contribution in [1.29, 1.82) is 5.26 Å². The molecule has 21 heavy (non-hydrogen) atoms. The first-order chi connectivity index (χ1) is 10.2. The summed E-state index contributed by atoms with van der Waals surface area (Å²) in [5.74, 6) is 1.85. The summed E-state index contributed by atoms with van der Waals surface area (Å²) in [6, 6.07) is 5.85. The molecule has 112 valence electrons. The fourth-order valence-electron chi connectivity index (χ4n) is 2.84. The molecule has 1 aliphatic carbocycles. The first kappa shape index (κ1) is 14.3. The third kappa shape index (κ3) is 3.93. The van der Waals surface area contributed by atoms with Gasteiger partial charge in [0.1, 0.15) is 11.9 Å². The number of anilines is 1. The number of hydrogen-bond donors (Lipinski definition) is 0. The van der Waals surface area contributed by atoms with Crippen molar-refractivity contribution in [2.75, 3.05) is 44.7 Å². The maximum Gasteiger partial charge on any atom is 0.128 e. The molecule has 0 amide bonds. The minimum absolute atomic E-state index is 0.236. The van der Waals surface area contributed by atoms with Gasteiger partial charge in [-0.2, -0.15) is 5.26 Å². The quantitative estimate of drug-likeness (QED) is 0.821. The van der Waals surface area contributed by atoms with Gasteiger partial charge < -0.3 is 14.5 Å². The lowest BCUT2D eigenvalue weighted by molar-refractivity contribution is 0.0197. The normalized spacial score (nSPS) is 22.3. The molecule has 5 nitrogen and oxygen atoms in total. The molecular formula is C16H22N4O. The maximum atomic E-state index is 8.83. The molecule has 1 saturated heterocycles. The van der Waals surface area contributed by atoms with E-state index in [1.54, 1.807) is 6.20 Å². The van der Waals surface area contributed by atoms with Gasteiger partial charge in [-0.25, -0.2) is 4.98 Å². The van der Waals surface area contributed by atoms with Gasteiger partial charge in [0.25, 0.3) is 0 Å². The molecule has 2 fully saturated rings. The van der Waals surface area contributed by atoms with E-state index in [1.807, 2.05) is 12.1 Å². The summed E-state index contributed by atoms with van der Waals surface area (Å²) in [5.41, 5.74) is 0.604. The summed E-state index contributed by atoms with van der Waals surface area (Å²) < 4.78 is 5.88. The number of morpholine rings is 1. The SMILES string of the molecule is CN(CC1CC1)CC1CN(c2ccc(C#N)cn2)CCO1. The number of likely N-dealkylation sites (N-methyl/N-ethyl adjacent to an activating group) is 1. The molecule has 1 saturated carbocycles.